The third-order valence-electron chi connectivity index (χ3n) is 3.75. The molecule has 0 fully saturated rings. The van der Waals surface area contributed by atoms with Crippen LogP contribution in [0.2, 0.25) is 10.0 Å². The van der Waals surface area contributed by atoms with Crippen molar-refractivity contribution in [1.82, 2.24) is 0 Å². The number of halogens is 2. The van der Waals surface area contributed by atoms with E-state index in [1.807, 2.05) is 48.5 Å². The van der Waals surface area contributed by atoms with Gasteiger partial charge >= 0.3 is 0 Å². The second-order valence-corrected chi connectivity index (χ2v) is 6.18. The smallest absolute Gasteiger partial charge is 0.153 e. The lowest BCUT2D eigenvalue weighted by atomic mass is 10.0. The number of carbonyl (C=O) groups is 1. The first-order valence-corrected chi connectivity index (χ1v) is 8.29. The van der Waals surface area contributed by atoms with E-state index in [2.05, 4.69) is 0 Å². The maximum Gasteiger partial charge on any atom is 0.153 e. The number of carbonyl (C=O) groups excluding carboxylic acids is 1. The zero-order chi connectivity index (χ0) is 17.8. The molecule has 0 saturated carbocycles. The van der Waals surface area contributed by atoms with Crippen molar-refractivity contribution in [3.05, 3.63) is 81.8 Å². The van der Waals surface area contributed by atoms with E-state index < -0.39 is 0 Å². The van der Waals surface area contributed by atoms with Crippen LogP contribution in [0.5, 0.6) is 11.5 Å². The van der Waals surface area contributed by atoms with Crippen LogP contribution in [0, 0.1) is 0 Å². The van der Waals surface area contributed by atoms with Crippen LogP contribution in [0.15, 0.2) is 60.7 Å². The predicted molar refractivity (Wildman–Crippen MR) is 99.7 cm³/mol. The topological polar surface area (TPSA) is 46.5 Å². The Kier molecular flexibility index (Phi) is 5.27. The van der Waals surface area contributed by atoms with Gasteiger partial charge in [-0.1, -0.05) is 71.7 Å². The number of phenols is 1. The van der Waals surface area contributed by atoms with Gasteiger partial charge in [0.2, 0.25) is 0 Å². The van der Waals surface area contributed by atoms with Gasteiger partial charge in [0.15, 0.2) is 6.29 Å². The molecular formula is C20H14Cl2O3. The number of hydrogen-bond acceptors (Lipinski definition) is 3. The first-order valence-electron chi connectivity index (χ1n) is 7.53. The Morgan fingerprint density at radius 3 is 2.48 bits per heavy atom. The monoisotopic (exact) mass is 372 g/mol. The largest absolute Gasteiger partial charge is 0.507 e. The van der Waals surface area contributed by atoms with Gasteiger partial charge in [-0.15, -0.1) is 0 Å². The van der Waals surface area contributed by atoms with Crippen molar-refractivity contribution in [1.29, 1.82) is 0 Å². The number of ether oxygens (including phenoxy) is 1. The molecule has 0 unspecified atom stereocenters. The lowest BCUT2D eigenvalue weighted by molar-refractivity contribution is 0.112. The summed E-state index contributed by atoms with van der Waals surface area (Å²) in [6.45, 7) is 0.180. The molecule has 3 aromatic carbocycles. The van der Waals surface area contributed by atoms with Crippen molar-refractivity contribution in [3.8, 4) is 22.6 Å². The highest BCUT2D eigenvalue weighted by atomic mass is 35.5. The molecule has 0 spiro atoms. The van der Waals surface area contributed by atoms with Crippen LogP contribution in [0.1, 0.15) is 15.9 Å². The van der Waals surface area contributed by atoms with Crippen LogP contribution in [0.25, 0.3) is 11.1 Å². The molecule has 0 saturated heterocycles. The predicted octanol–water partition coefficient (Wildman–Crippen LogP) is 5.76. The molecule has 3 rings (SSSR count). The lowest BCUT2D eigenvalue weighted by Gasteiger charge is -2.13. The Morgan fingerprint density at radius 1 is 1.00 bits per heavy atom. The summed E-state index contributed by atoms with van der Waals surface area (Å²) in [5.74, 6) is 0.101. The summed E-state index contributed by atoms with van der Waals surface area (Å²) in [4.78, 5) is 10.8. The Bertz CT molecular complexity index is 908. The molecule has 0 aliphatic heterocycles. The van der Waals surface area contributed by atoms with E-state index in [9.17, 15) is 9.90 Å². The van der Waals surface area contributed by atoms with Crippen LogP contribution in [-0.4, -0.2) is 11.4 Å². The van der Waals surface area contributed by atoms with Gasteiger partial charge in [0.25, 0.3) is 0 Å². The normalized spacial score (nSPS) is 10.5. The minimum Gasteiger partial charge on any atom is -0.507 e. The van der Waals surface area contributed by atoms with Gasteiger partial charge in [0.1, 0.15) is 18.1 Å². The van der Waals surface area contributed by atoms with E-state index >= 15 is 0 Å². The van der Waals surface area contributed by atoms with Crippen molar-refractivity contribution >= 4 is 29.5 Å². The Morgan fingerprint density at radius 2 is 1.76 bits per heavy atom. The number of hydrogen-bond donors (Lipinski definition) is 1. The van der Waals surface area contributed by atoms with Gasteiger partial charge in [-0.05, 0) is 11.6 Å². The molecule has 5 heteroatoms. The van der Waals surface area contributed by atoms with Gasteiger partial charge in [-0.25, -0.2) is 0 Å². The zero-order valence-corrected chi connectivity index (χ0v) is 14.6. The molecule has 1 N–H and O–H groups in total. The van der Waals surface area contributed by atoms with E-state index in [0.29, 0.717) is 11.3 Å². The van der Waals surface area contributed by atoms with E-state index in [4.69, 9.17) is 27.9 Å². The third-order valence-corrected chi connectivity index (χ3v) is 4.50. The summed E-state index contributed by atoms with van der Waals surface area (Å²) in [5.41, 5.74) is 2.83. The minimum atomic E-state index is -0.182. The van der Waals surface area contributed by atoms with Crippen molar-refractivity contribution < 1.29 is 14.6 Å². The molecule has 0 aliphatic carbocycles. The van der Waals surface area contributed by atoms with Crippen molar-refractivity contribution in [2.24, 2.45) is 0 Å². The molecular weight excluding hydrogens is 359 g/mol. The summed E-state index contributed by atoms with van der Waals surface area (Å²) >= 11 is 12.6. The van der Waals surface area contributed by atoms with Gasteiger partial charge in [0.05, 0.1) is 15.6 Å². The fraction of sp³-hybridized carbons (Fsp3) is 0.0500. The number of phenolic OH excluding ortho intramolecular Hbond substituents is 1. The molecule has 0 bridgehead atoms. The van der Waals surface area contributed by atoms with Gasteiger partial charge in [-0.2, -0.15) is 0 Å². The SMILES string of the molecule is O=Cc1cc(Cl)c(OCc2cccc(-c3ccccc3)c2Cl)cc1O. The molecule has 0 atom stereocenters. The highest BCUT2D eigenvalue weighted by Crippen LogP contribution is 2.34. The maximum atomic E-state index is 10.8. The van der Waals surface area contributed by atoms with Gasteiger partial charge < -0.3 is 9.84 Å². The van der Waals surface area contributed by atoms with Crippen molar-refractivity contribution in [2.45, 2.75) is 6.61 Å². The van der Waals surface area contributed by atoms with Crippen LogP contribution in [-0.2, 0) is 6.61 Å². The first kappa shape index (κ1) is 17.3. The number of aldehydes is 1. The lowest BCUT2D eigenvalue weighted by Crippen LogP contribution is -1.98. The second kappa shape index (κ2) is 7.60. The summed E-state index contributed by atoms with van der Waals surface area (Å²) < 4.78 is 5.68. The molecule has 0 radical (unpaired) electrons. The van der Waals surface area contributed by atoms with E-state index in [1.165, 1.54) is 12.1 Å². The highest BCUT2D eigenvalue weighted by Gasteiger charge is 2.12. The summed E-state index contributed by atoms with van der Waals surface area (Å²) in [6, 6.07) is 18.2. The fourth-order valence-corrected chi connectivity index (χ4v) is 2.97. The molecule has 0 aromatic heterocycles. The average Bonchev–Trinajstić information content (AvgIpc) is 2.63. The molecule has 0 amide bonds. The van der Waals surface area contributed by atoms with Gasteiger partial charge in [-0.3, -0.25) is 4.79 Å². The standard InChI is InChI=1S/C20H14Cl2O3/c21-17-9-15(11-23)18(24)10-19(17)25-12-14-7-4-8-16(20(14)22)13-5-2-1-3-6-13/h1-11,24H,12H2. The van der Waals surface area contributed by atoms with E-state index in [1.54, 1.807) is 0 Å². The van der Waals surface area contributed by atoms with Gasteiger partial charge in [0, 0.05) is 17.2 Å². The zero-order valence-electron chi connectivity index (χ0n) is 13.1. The minimum absolute atomic E-state index is 0.112. The summed E-state index contributed by atoms with van der Waals surface area (Å²) in [5, 5.41) is 10.6. The molecule has 0 heterocycles. The van der Waals surface area contributed by atoms with Crippen LogP contribution >= 0.6 is 23.2 Å². The Balaban J connectivity index is 1.85. The molecule has 0 aliphatic rings. The molecule has 126 valence electrons. The Labute approximate surface area is 155 Å². The fourth-order valence-electron chi connectivity index (χ4n) is 2.45. The van der Waals surface area contributed by atoms with E-state index in [-0.39, 0.29) is 28.7 Å². The molecule has 3 aromatic rings. The second-order valence-electron chi connectivity index (χ2n) is 5.39. The number of benzene rings is 3. The van der Waals surface area contributed by atoms with Crippen LogP contribution in [0.3, 0.4) is 0 Å². The van der Waals surface area contributed by atoms with E-state index in [0.717, 1.165) is 16.7 Å². The van der Waals surface area contributed by atoms with Crippen LogP contribution in [0.4, 0.5) is 0 Å². The highest BCUT2D eigenvalue weighted by molar-refractivity contribution is 6.34. The third kappa shape index (κ3) is 3.78. The summed E-state index contributed by atoms with van der Waals surface area (Å²) in [7, 11) is 0. The number of aromatic hydroxyl groups is 1. The average molecular weight is 373 g/mol. The maximum absolute atomic E-state index is 10.8. The van der Waals surface area contributed by atoms with Crippen molar-refractivity contribution in [2.75, 3.05) is 0 Å². The summed E-state index contributed by atoms with van der Waals surface area (Å²) in [6.07, 6.45) is 0.533. The molecule has 25 heavy (non-hydrogen) atoms. The molecule has 3 nitrogen and oxygen atoms in total. The quantitative estimate of drug-likeness (QED) is 0.579. The number of rotatable bonds is 5. The van der Waals surface area contributed by atoms with Crippen LogP contribution < -0.4 is 4.74 Å². The first-order chi connectivity index (χ1) is 12.1. The van der Waals surface area contributed by atoms with Crippen molar-refractivity contribution in [3.63, 3.8) is 0 Å². The Hall–Kier alpha value is -2.49.